The number of nitrogens with zero attached hydrogens (tertiary/aromatic N) is 3. The molecule has 0 aromatic carbocycles. The van der Waals surface area contributed by atoms with Crippen LogP contribution < -0.4 is 5.32 Å². The van der Waals surface area contributed by atoms with E-state index in [1.165, 1.54) is 0 Å². The molecule has 0 aliphatic carbocycles. The van der Waals surface area contributed by atoms with Crippen molar-refractivity contribution in [2.75, 3.05) is 39.3 Å². The first kappa shape index (κ1) is 30.4. The quantitative estimate of drug-likeness (QED) is 0.576. The molecule has 2 atom stereocenters. The van der Waals surface area contributed by atoms with Crippen LogP contribution in [0.3, 0.4) is 0 Å². The Balaban J connectivity index is 0.00000133. The summed E-state index contributed by atoms with van der Waals surface area (Å²) >= 11 is 0. The van der Waals surface area contributed by atoms with Gasteiger partial charge in [0.05, 0.1) is 12.6 Å². The highest BCUT2D eigenvalue weighted by molar-refractivity contribution is 5.88. The van der Waals surface area contributed by atoms with Crippen LogP contribution in [-0.4, -0.2) is 83.8 Å². The van der Waals surface area contributed by atoms with Crippen LogP contribution in [0.1, 0.15) is 81.6 Å². The minimum atomic E-state index is -0.174. The molecule has 1 N–H and O–H groups in total. The summed E-state index contributed by atoms with van der Waals surface area (Å²) in [5.74, 6) is 1.86. The molecule has 0 spiro atoms. The number of amides is 3. The molecular weight excluding hydrogens is 428 g/mol. The first-order valence-electron chi connectivity index (χ1n) is 13.5. The van der Waals surface area contributed by atoms with Crippen LogP contribution in [0, 0.1) is 23.7 Å². The Bertz CT molecular complexity index is 639. The molecule has 7 heteroatoms. The molecule has 0 radical (unpaired) electrons. The van der Waals surface area contributed by atoms with Crippen molar-refractivity contribution in [3.05, 3.63) is 0 Å². The Labute approximate surface area is 209 Å². The molecule has 0 bridgehead atoms. The highest BCUT2D eigenvalue weighted by Crippen LogP contribution is 2.27. The fourth-order valence-electron chi connectivity index (χ4n) is 4.75. The summed E-state index contributed by atoms with van der Waals surface area (Å²) in [7, 11) is 0. The maximum Gasteiger partial charge on any atom is 0.242 e. The molecule has 198 valence electrons. The lowest BCUT2D eigenvalue weighted by molar-refractivity contribution is -0.145. The van der Waals surface area contributed by atoms with Gasteiger partial charge in [0, 0.05) is 44.7 Å². The van der Waals surface area contributed by atoms with Crippen LogP contribution in [0.2, 0.25) is 0 Å². The fourth-order valence-corrected chi connectivity index (χ4v) is 4.75. The third-order valence-electron chi connectivity index (χ3n) is 6.65. The van der Waals surface area contributed by atoms with Gasteiger partial charge < -0.3 is 20.0 Å². The Morgan fingerprint density at radius 3 is 2.03 bits per heavy atom. The van der Waals surface area contributed by atoms with Crippen molar-refractivity contribution >= 4 is 17.7 Å². The number of carbonyl (C=O) groups excluding carboxylic acids is 3. The topological polar surface area (TPSA) is 73.0 Å². The van der Waals surface area contributed by atoms with Crippen LogP contribution in [0.15, 0.2) is 0 Å². The van der Waals surface area contributed by atoms with Crippen molar-refractivity contribution < 1.29 is 14.4 Å². The molecule has 3 amide bonds. The summed E-state index contributed by atoms with van der Waals surface area (Å²) in [5.41, 5.74) is 0. The molecule has 2 unspecified atom stereocenters. The smallest absolute Gasteiger partial charge is 0.242 e. The SMILES string of the molecule is CC(C)C.CCN(C(=O)C(C)C1CCN(C(=O)CN2CCNC(CC(C)C)C2=O)CC1)C(C)C. The van der Waals surface area contributed by atoms with E-state index in [0.29, 0.717) is 31.5 Å². The van der Waals surface area contributed by atoms with Gasteiger partial charge in [0.15, 0.2) is 0 Å². The molecular formula is C27H52N4O3. The zero-order valence-electron chi connectivity index (χ0n) is 23.4. The number of carbonyl (C=O) groups is 3. The molecule has 34 heavy (non-hydrogen) atoms. The second-order valence-corrected chi connectivity index (χ2v) is 11.4. The van der Waals surface area contributed by atoms with Crippen LogP contribution >= 0.6 is 0 Å². The van der Waals surface area contributed by atoms with E-state index in [4.69, 9.17) is 0 Å². The number of hydrogen-bond acceptors (Lipinski definition) is 4. The van der Waals surface area contributed by atoms with E-state index >= 15 is 0 Å². The largest absolute Gasteiger partial charge is 0.341 e. The van der Waals surface area contributed by atoms with Crippen molar-refractivity contribution in [3.63, 3.8) is 0 Å². The summed E-state index contributed by atoms with van der Waals surface area (Å²) in [6.45, 7) is 22.4. The maximum atomic E-state index is 12.8. The van der Waals surface area contributed by atoms with Crippen molar-refractivity contribution in [1.29, 1.82) is 0 Å². The van der Waals surface area contributed by atoms with Gasteiger partial charge in [-0.25, -0.2) is 0 Å². The van der Waals surface area contributed by atoms with Gasteiger partial charge in [-0.15, -0.1) is 0 Å². The summed E-state index contributed by atoms with van der Waals surface area (Å²) in [4.78, 5) is 43.9. The van der Waals surface area contributed by atoms with Gasteiger partial charge >= 0.3 is 0 Å². The van der Waals surface area contributed by atoms with Gasteiger partial charge in [-0.2, -0.15) is 0 Å². The standard InChI is InChI=1S/C23H42N4O3.C4H10/c1-7-27(17(4)5)22(29)18(6)19-8-11-25(12-9-19)21(28)15-26-13-10-24-20(23(26)30)14-16(2)3;1-4(2)3/h16-20,24H,7-15H2,1-6H3;4H,1-3H3. The highest BCUT2D eigenvalue weighted by atomic mass is 16.2. The van der Waals surface area contributed by atoms with Gasteiger partial charge in [-0.1, -0.05) is 41.5 Å². The zero-order valence-corrected chi connectivity index (χ0v) is 23.4. The number of likely N-dealkylation sites (tertiary alicyclic amines) is 1. The molecule has 0 aromatic heterocycles. The Kier molecular flexibility index (Phi) is 13.1. The van der Waals surface area contributed by atoms with E-state index in [9.17, 15) is 14.4 Å². The molecule has 2 fully saturated rings. The number of rotatable bonds is 8. The second-order valence-electron chi connectivity index (χ2n) is 11.4. The van der Waals surface area contributed by atoms with Gasteiger partial charge in [-0.05, 0) is 57.8 Å². The predicted octanol–water partition coefficient (Wildman–Crippen LogP) is 3.63. The second kappa shape index (κ2) is 14.7. The van der Waals surface area contributed by atoms with Gasteiger partial charge in [0.25, 0.3) is 0 Å². The van der Waals surface area contributed by atoms with Gasteiger partial charge in [-0.3, -0.25) is 14.4 Å². The molecule has 0 saturated carbocycles. The first-order chi connectivity index (χ1) is 15.9. The molecule has 7 nitrogen and oxygen atoms in total. The lowest BCUT2D eigenvalue weighted by Gasteiger charge is -2.38. The summed E-state index contributed by atoms with van der Waals surface area (Å²) in [6, 6.07) is 0.0364. The molecule has 2 aliphatic heterocycles. The van der Waals surface area contributed by atoms with E-state index in [2.05, 4.69) is 53.8 Å². The average Bonchev–Trinajstić information content (AvgIpc) is 2.75. The van der Waals surface area contributed by atoms with Crippen LogP contribution in [0.25, 0.3) is 0 Å². The van der Waals surface area contributed by atoms with Crippen molar-refractivity contribution in [2.45, 2.75) is 93.7 Å². The van der Waals surface area contributed by atoms with E-state index in [1.54, 1.807) is 4.90 Å². The van der Waals surface area contributed by atoms with Gasteiger partial charge in [0.1, 0.15) is 0 Å². The van der Waals surface area contributed by atoms with Crippen molar-refractivity contribution in [3.8, 4) is 0 Å². The maximum absolute atomic E-state index is 12.8. The van der Waals surface area contributed by atoms with E-state index in [0.717, 1.165) is 38.3 Å². The lowest BCUT2D eigenvalue weighted by Crippen LogP contribution is -2.58. The number of piperazine rings is 1. The average molecular weight is 481 g/mol. The van der Waals surface area contributed by atoms with E-state index in [-0.39, 0.29) is 42.3 Å². The molecule has 2 rings (SSSR count). The van der Waals surface area contributed by atoms with Crippen LogP contribution in [-0.2, 0) is 14.4 Å². The number of piperidine rings is 1. The summed E-state index contributed by atoms with van der Waals surface area (Å²) < 4.78 is 0. The Morgan fingerprint density at radius 1 is 1.00 bits per heavy atom. The lowest BCUT2D eigenvalue weighted by atomic mass is 9.84. The third-order valence-corrected chi connectivity index (χ3v) is 6.65. The Hall–Kier alpha value is -1.63. The van der Waals surface area contributed by atoms with Crippen LogP contribution in [0.4, 0.5) is 0 Å². The van der Waals surface area contributed by atoms with Gasteiger partial charge in [0.2, 0.25) is 17.7 Å². The van der Waals surface area contributed by atoms with E-state index < -0.39 is 0 Å². The minimum Gasteiger partial charge on any atom is -0.341 e. The van der Waals surface area contributed by atoms with Crippen LogP contribution in [0.5, 0.6) is 0 Å². The number of hydrogen-bond donors (Lipinski definition) is 1. The predicted molar refractivity (Wildman–Crippen MR) is 139 cm³/mol. The monoisotopic (exact) mass is 480 g/mol. The molecule has 2 aliphatic rings. The first-order valence-corrected chi connectivity index (χ1v) is 13.5. The minimum absolute atomic E-state index is 0.0175. The Morgan fingerprint density at radius 2 is 1.56 bits per heavy atom. The third kappa shape index (κ3) is 9.55. The molecule has 2 saturated heterocycles. The zero-order chi connectivity index (χ0) is 26.0. The molecule has 2 heterocycles. The normalized spacial score (nSPS) is 20.5. The highest BCUT2D eigenvalue weighted by Gasteiger charge is 2.34. The van der Waals surface area contributed by atoms with E-state index in [1.807, 2.05) is 23.6 Å². The fraction of sp³-hybridized carbons (Fsp3) is 0.889. The number of nitrogens with one attached hydrogen (secondary N) is 1. The molecule has 0 aromatic rings. The summed E-state index contributed by atoms with van der Waals surface area (Å²) in [6.07, 6.45) is 2.49. The van der Waals surface area contributed by atoms with Crippen molar-refractivity contribution in [1.82, 2.24) is 20.0 Å². The summed E-state index contributed by atoms with van der Waals surface area (Å²) in [5, 5.41) is 3.28. The van der Waals surface area contributed by atoms with Crippen molar-refractivity contribution in [2.24, 2.45) is 23.7 Å².